The second kappa shape index (κ2) is 10.0. The fourth-order valence-electron chi connectivity index (χ4n) is 3.56. The van der Waals surface area contributed by atoms with Crippen LogP contribution >= 0.6 is 0 Å². The SMILES string of the molecule is CCOc1nc(Nc2cccc(C(F)(F)F)c2)nc(N2CCN(C(=O)c3ccc(N)cc3)CC2)n1. The Hall–Kier alpha value is -4.09. The Morgan fingerprint density at radius 3 is 2.43 bits per heavy atom. The summed E-state index contributed by atoms with van der Waals surface area (Å²) in [7, 11) is 0. The summed E-state index contributed by atoms with van der Waals surface area (Å²) in [5.41, 5.74) is 6.22. The zero-order valence-corrected chi connectivity index (χ0v) is 18.9. The summed E-state index contributed by atoms with van der Waals surface area (Å²) < 4.78 is 44.6. The third-order valence-electron chi connectivity index (χ3n) is 5.33. The number of nitrogens with one attached hydrogen (secondary N) is 1. The van der Waals surface area contributed by atoms with Gasteiger partial charge in [0.25, 0.3) is 5.91 Å². The minimum absolute atomic E-state index is 0.0485. The lowest BCUT2D eigenvalue weighted by Crippen LogP contribution is -2.49. The second-order valence-corrected chi connectivity index (χ2v) is 7.78. The van der Waals surface area contributed by atoms with Crippen molar-refractivity contribution in [2.45, 2.75) is 13.1 Å². The number of nitrogen functional groups attached to an aromatic ring is 1. The number of anilines is 4. The van der Waals surface area contributed by atoms with Crippen molar-refractivity contribution >= 4 is 29.2 Å². The number of benzene rings is 2. The van der Waals surface area contributed by atoms with E-state index in [0.717, 1.165) is 12.1 Å². The van der Waals surface area contributed by atoms with Crippen LogP contribution in [0.2, 0.25) is 0 Å². The van der Waals surface area contributed by atoms with Crippen LogP contribution in [0.15, 0.2) is 48.5 Å². The number of nitrogens with two attached hydrogens (primary N) is 1. The minimum Gasteiger partial charge on any atom is -0.464 e. The van der Waals surface area contributed by atoms with Gasteiger partial charge >= 0.3 is 12.2 Å². The van der Waals surface area contributed by atoms with Crippen molar-refractivity contribution in [3.05, 3.63) is 59.7 Å². The lowest BCUT2D eigenvalue weighted by Gasteiger charge is -2.34. The van der Waals surface area contributed by atoms with Crippen molar-refractivity contribution in [1.82, 2.24) is 19.9 Å². The van der Waals surface area contributed by atoms with E-state index >= 15 is 0 Å². The van der Waals surface area contributed by atoms with E-state index in [-0.39, 0.29) is 23.6 Å². The van der Waals surface area contributed by atoms with Crippen LogP contribution in [0.25, 0.3) is 0 Å². The zero-order valence-electron chi connectivity index (χ0n) is 18.9. The predicted octanol–water partition coefficient (Wildman–Crippen LogP) is 3.58. The summed E-state index contributed by atoms with van der Waals surface area (Å²) in [6, 6.07) is 11.5. The number of carbonyl (C=O) groups is 1. The van der Waals surface area contributed by atoms with Crippen molar-refractivity contribution in [1.29, 1.82) is 0 Å². The molecule has 0 spiro atoms. The van der Waals surface area contributed by atoms with Crippen molar-refractivity contribution in [3.63, 3.8) is 0 Å². The van der Waals surface area contributed by atoms with E-state index in [9.17, 15) is 18.0 Å². The van der Waals surface area contributed by atoms with Crippen LogP contribution < -0.4 is 20.7 Å². The highest BCUT2D eigenvalue weighted by Crippen LogP contribution is 2.31. The fraction of sp³-hybridized carbons (Fsp3) is 0.304. The highest BCUT2D eigenvalue weighted by molar-refractivity contribution is 5.94. The molecule has 3 aromatic rings. The Kier molecular flexibility index (Phi) is 6.90. The second-order valence-electron chi connectivity index (χ2n) is 7.78. The number of carbonyl (C=O) groups excluding carboxylic acids is 1. The zero-order chi connectivity index (χ0) is 25.0. The summed E-state index contributed by atoms with van der Waals surface area (Å²) in [6.07, 6.45) is -4.47. The number of hydrogen-bond donors (Lipinski definition) is 2. The smallest absolute Gasteiger partial charge is 0.416 e. The summed E-state index contributed by atoms with van der Waals surface area (Å²) in [6.45, 7) is 3.87. The van der Waals surface area contributed by atoms with E-state index in [1.165, 1.54) is 12.1 Å². The molecule has 35 heavy (non-hydrogen) atoms. The third-order valence-corrected chi connectivity index (χ3v) is 5.33. The molecular formula is C23H24F3N7O2. The summed E-state index contributed by atoms with van der Waals surface area (Å²) in [5.74, 6) is 0.262. The van der Waals surface area contributed by atoms with Crippen LogP contribution in [-0.2, 0) is 6.18 Å². The lowest BCUT2D eigenvalue weighted by atomic mass is 10.1. The molecule has 0 unspecified atom stereocenters. The topological polar surface area (TPSA) is 110 Å². The van der Waals surface area contributed by atoms with Crippen molar-refractivity contribution in [2.75, 3.05) is 48.7 Å². The van der Waals surface area contributed by atoms with Gasteiger partial charge in [0, 0.05) is 43.1 Å². The lowest BCUT2D eigenvalue weighted by molar-refractivity contribution is -0.137. The molecule has 2 aromatic carbocycles. The first-order valence-corrected chi connectivity index (χ1v) is 11.0. The van der Waals surface area contributed by atoms with Gasteiger partial charge in [-0.1, -0.05) is 6.07 Å². The van der Waals surface area contributed by atoms with E-state index in [2.05, 4.69) is 20.3 Å². The number of rotatable bonds is 6. The van der Waals surface area contributed by atoms with E-state index < -0.39 is 11.7 Å². The van der Waals surface area contributed by atoms with Gasteiger partial charge < -0.3 is 25.6 Å². The van der Waals surface area contributed by atoms with Crippen LogP contribution in [0.4, 0.5) is 36.4 Å². The highest BCUT2D eigenvalue weighted by Gasteiger charge is 2.30. The quantitative estimate of drug-likeness (QED) is 0.508. The number of aromatic nitrogens is 3. The molecule has 3 N–H and O–H groups in total. The molecule has 1 aliphatic heterocycles. The molecule has 0 aliphatic carbocycles. The Morgan fingerprint density at radius 1 is 1.06 bits per heavy atom. The normalized spacial score (nSPS) is 14.1. The van der Waals surface area contributed by atoms with E-state index in [0.29, 0.717) is 50.0 Å². The summed E-state index contributed by atoms with van der Waals surface area (Å²) in [4.78, 5) is 29.2. The van der Waals surface area contributed by atoms with Gasteiger partial charge in [-0.3, -0.25) is 4.79 Å². The molecule has 0 saturated carbocycles. The first-order valence-electron chi connectivity index (χ1n) is 11.0. The Balaban J connectivity index is 1.49. The molecule has 0 bridgehead atoms. The van der Waals surface area contributed by atoms with Crippen LogP contribution in [0.3, 0.4) is 0 Å². The van der Waals surface area contributed by atoms with Gasteiger partial charge in [-0.25, -0.2) is 0 Å². The molecule has 2 heterocycles. The van der Waals surface area contributed by atoms with Gasteiger partial charge in [0.15, 0.2) is 0 Å². The van der Waals surface area contributed by atoms with Crippen LogP contribution in [0, 0.1) is 0 Å². The fourth-order valence-corrected chi connectivity index (χ4v) is 3.56. The number of nitrogens with zero attached hydrogens (tertiary/aromatic N) is 5. The van der Waals surface area contributed by atoms with Gasteiger partial charge in [0.1, 0.15) is 0 Å². The Morgan fingerprint density at radius 2 is 1.77 bits per heavy atom. The summed E-state index contributed by atoms with van der Waals surface area (Å²) >= 11 is 0. The average molecular weight is 487 g/mol. The van der Waals surface area contributed by atoms with Crippen molar-refractivity contribution < 1.29 is 22.7 Å². The highest BCUT2D eigenvalue weighted by atomic mass is 19.4. The molecule has 0 radical (unpaired) electrons. The Labute approximate surface area is 199 Å². The number of halogens is 3. The molecule has 1 aliphatic rings. The number of amides is 1. The number of alkyl halides is 3. The molecule has 1 aromatic heterocycles. The van der Waals surface area contributed by atoms with Gasteiger partial charge in [-0.15, -0.1) is 0 Å². The first-order chi connectivity index (χ1) is 16.7. The number of ether oxygens (including phenoxy) is 1. The van der Waals surface area contributed by atoms with Crippen molar-refractivity contribution in [2.24, 2.45) is 0 Å². The number of hydrogen-bond acceptors (Lipinski definition) is 8. The maximum Gasteiger partial charge on any atom is 0.416 e. The molecule has 12 heteroatoms. The predicted molar refractivity (Wildman–Crippen MR) is 125 cm³/mol. The molecule has 1 fully saturated rings. The third kappa shape index (κ3) is 5.89. The Bertz CT molecular complexity index is 1180. The van der Waals surface area contributed by atoms with Gasteiger partial charge in [-0.05, 0) is 49.4 Å². The maximum absolute atomic E-state index is 13.1. The molecule has 4 rings (SSSR count). The molecule has 1 saturated heterocycles. The molecule has 9 nitrogen and oxygen atoms in total. The van der Waals surface area contributed by atoms with Gasteiger partial charge in [0.05, 0.1) is 12.2 Å². The van der Waals surface area contributed by atoms with Gasteiger partial charge in [-0.2, -0.15) is 28.1 Å². The summed E-state index contributed by atoms with van der Waals surface area (Å²) in [5, 5.41) is 2.80. The van der Waals surface area contributed by atoms with Crippen LogP contribution in [-0.4, -0.2) is 58.5 Å². The van der Waals surface area contributed by atoms with Crippen molar-refractivity contribution in [3.8, 4) is 6.01 Å². The molecule has 0 atom stereocenters. The molecule has 1 amide bonds. The van der Waals surface area contributed by atoms with E-state index in [1.54, 1.807) is 36.1 Å². The maximum atomic E-state index is 13.1. The largest absolute Gasteiger partial charge is 0.464 e. The number of piperazine rings is 1. The van der Waals surface area contributed by atoms with Crippen LogP contribution in [0.5, 0.6) is 6.01 Å². The standard InChI is InChI=1S/C23H24F3N7O2/c1-2-35-22-30-20(28-18-5-3-4-16(14-18)23(24,25)26)29-21(31-22)33-12-10-32(11-13-33)19(34)15-6-8-17(27)9-7-15/h3-9,14H,2,10-13,27H2,1H3,(H,28,29,30,31). The van der Waals surface area contributed by atoms with Crippen LogP contribution in [0.1, 0.15) is 22.8 Å². The minimum atomic E-state index is -4.47. The average Bonchev–Trinajstić information content (AvgIpc) is 2.84. The molecule has 184 valence electrons. The van der Waals surface area contributed by atoms with E-state index in [1.807, 2.05) is 4.90 Å². The van der Waals surface area contributed by atoms with Gasteiger partial charge in [0.2, 0.25) is 11.9 Å². The first kappa shape index (κ1) is 24.0. The van der Waals surface area contributed by atoms with E-state index in [4.69, 9.17) is 10.5 Å². The monoisotopic (exact) mass is 487 g/mol. The molecular weight excluding hydrogens is 463 g/mol.